The van der Waals surface area contributed by atoms with Gasteiger partial charge in [-0.2, -0.15) is 0 Å². The van der Waals surface area contributed by atoms with Crippen LogP contribution in [0.3, 0.4) is 0 Å². The molecule has 0 aliphatic heterocycles. The number of aliphatic hydroxyl groups excluding tert-OH is 1. The molecule has 0 radical (unpaired) electrons. The van der Waals surface area contributed by atoms with Crippen LogP contribution in [0, 0.1) is 46.8 Å². The van der Waals surface area contributed by atoms with Crippen molar-refractivity contribution in [3.8, 4) is 0 Å². The lowest BCUT2D eigenvalue weighted by atomic mass is 9.47. The maximum Gasteiger partial charge on any atom is 0.161 e. The van der Waals surface area contributed by atoms with E-state index in [-0.39, 0.29) is 23.7 Å². The highest BCUT2D eigenvalue weighted by Crippen LogP contribution is 2.65. The summed E-state index contributed by atoms with van der Waals surface area (Å²) < 4.78 is 0. The molecule has 4 fully saturated rings. The van der Waals surface area contributed by atoms with E-state index in [0.29, 0.717) is 17.8 Å². The third-order valence-electron chi connectivity index (χ3n) is 9.20. The molecule has 4 saturated carbocycles. The van der Waals surface area contributed by atoms with E-state index in [1.165, 1.54) is 25.7 Å². The molecule has 0 heterocycles. The van der Waals surface area contributed by atoms with Gasteiger partial charge in [-0.15, -0.1) is 0 Å². The van der Waals surface area contributed by atoms with Gasteiger partial charge in [0.2, 0.25) is 0 Å². The summed E-state index contributed by atoms with van der Waals surface area (Å²) in [5.74, 6) is 4.55. The van der Waals surface area contributed by atoms with E-state index in [2.05, 4.69) is 13.8 Å². The van der Waals surface area contributed by atoms with Crippen molar-refractivity contribution < 1.29 is 15.0 Å². The molecule has 3 heteroatoms. The van der Waals surface area contributed by atoms with Gasteiger partial charge in [0.05, 0.1) is 5.60 Å². The lowest BCUT2D eigenvalue weighted by Gasteiger charge is -2.58. The van der Waals surface area contributed by atoms with Crippen molar-refractivity contribution in [3.05, 3.63) is 0 Å². The summed E-state index contributed by atoms with van der Waals surface area (Å²) in [7, 11) is 0. The molecule has 4 aliphatic rings. The summed E-state index contributed by atoms with van der Waals surface area (Å²) in [6.07, 6.45) is 8.98. The minimum absolute atomic E-state index is 0.0823. The Labute approximate surface area is 152 Å². The van der Waals surface area contributed by atoms with E-state index in [0.717, 1.165) is 43.4 Å². The van der Waals surface area contributed by atoms with Crippen molar-refractivity contribution in [3.63, 3.8) is 0 Å². The van der Waals surface area contributed by atoms with Gasteiger partial charge in [0.15, 0.2) is 5.78 Å². The van der Waals surface area contributed by atoms with Crippen LogP contribution in [0.4, 0.5) is 0 Å². The van der Waals surface area contributed by atoms with E-state index < -0.39 is 5.60 Å². The Balaban J connectivity index is 1.58. The van der Waals surface area contributed by atoms with Gasteiger partial charge in [-0.1, -0.05) is 13.8 Å². The molecular weight excluding hydrogens is 312 g/mol. The van der Waals surface area contributed by atoms with Gasteiger partial charge in [0.1, 0.15) is 6.61 Å². The number of Topliss-reactive ketones (excluding diaryl/α,β-unsaturated/α-hetero) is 1. The maximum atomic E-state index is 12.3. The van der Waals surface area contributed by atoms with Crippen molar-refractivity contribution in [1.29, 1.82) is 0 Å². The Morgan fingerprint density at radius 2 is 1.68 bits per heavy atom. The fraction of sp³-hybridized carbons (Fsp3) is 0.955. The molecule has 4 rings (SSSR count). The van der Waals surface area contributed by atoms with Crippen LogP contribution < -0.4 is 0 Å². The second-order valence-corrected chi connectivity index (χ2v) is 10.5. The first-order chi connectivity index (χ1) is 11.8. The molecule has 0 spiro atoms. The minimum Gasteiger partial charge on any atom is -0.390 e. The molecule has 0 aromatic carbocycles. The van der Waals surface area contributed by atoms with E-state index in [4.69, 9.17) is 0 Å². The van der Waals surface area contributed by atoms with Crippen molar-refractivity contribution >= 4 is 5.78 Å². The standard InChI is InChI=1S/C22H36O3/c1-13-10-16-14(15-6-8-21(2,25)11-17(13)15)7-9-22(3)18(16)4-5-19(22)20(24)12-23/h13-19,23,25H,4-12H2,1-3H3. The number of fused-ring (bicyclic) bond motifs is 5. The highest BCUT2D eigenvalue weighted by molar-refractivity contribution is 5.83. The first-order valence-electron chi connectivity index (χ1n) is 10.6. The molecule has 0 bridgehead atoms. The number of carbonyl (C=O) groups is 1. The van der Waals surface area contributed by atoms with Crippen LogP contribution in [0.25, 0.3) is 0 Å². The predicted molar refractivity (Wildman–Crippen MR) is 97.9 cm³/mol. The van der Waals surface area contributed by atoms with Crippen LogP contribution in [0.5, 0.6) is 0 Å². The smallest absolute Gasteiger partial charge is 0.161 e. The Morgan fingerprint density at radius 3 is 2.40 bits per heavy atom. The van der Waals surface area contributed by atoms with Crippen molar-refractivity contribution in [2.45, 2.75) is 77.7 Å². The lowest BCUT2D eigenvalue weighted by molar-refractivity contribution is -0.138. The van der Waals surface area contributed by atoms with E-state index >= 15 is 0 Å². The molecular formula is C22H36O3. The van der Waals surface area contributed by atoms with Crippen molar-refractivity contribution in [2.24, 2.45) is 46.8 Å². The van der Waals surface area contributed by atoms with Gasteiger partial charge in [0.25, 0.3) is 0 Å². The van der Waals surface area contributed by atoms with Gasteiger partial charge in [-0.05, 0) is 99.2 Å². The van der Waals surface area contributed by atoms with Crippen molar-refractivity contribution in [2.75, 3.05) is 6.61 Å². The van der Waals surface area contributed by atoms with E-state index in [9.17, 15) is 15.0 Å². The molecule has 9 atom stereocenters. The Bertz CT molecular complexity index is 541. The van der Waals surface area contributed by atoms with Crippen LogP contribution in [-0.2, 0) is 4.79 Å². The zero-order chi connectivity index (χ0) is 18.0. The number of hydrogen-bond donors (Lipinski definition) is 2. The van der Waals surface area contributed by atoms with Gasteiger partial charge in [-0.3, -0.25) is 4.79 Å². The summed E-state index contributed by atoms with van der Waals surface area (Å²) in [5, 5.41) is 20.0. The first kappa shape index (κ1) is 18.0. The molecule has 3 nitrogen and oxygen atoms in total. The number of ketones is 1. The molecule has 9 unspecified atom stereocenters. The normalized spacial score (nSPS) is 55.2. The molecule has 4 aliphatic carbocycles. The van der Waals surface area contributed by atoms with Gasteiger partial charge in [0, 0.05) is 5.92 Å². The van der Waals surface area contributed by atoms with Gasteiger partial charge < -0.3 is 10.2 Å². The molecule has 0 saturated heterocycles. The number of rotatable bonds is 2. The van der Waals surface area contributed by atoms with Crippen LogP contribution >= 0.6 is 0 Å². The third kappa shape index (κ3) is 2.72. The van der Waals surface area contributed by atoms with Crippen LogP contribution in [0.1, 0.15) is 72.1 Å². The maximum absolute atomic E-state index is 12.3. The average molecular weight is 349 g/mol. The molecule has 2 N–H and O–H groups in total. The predicted octanol–water partition coefficient (Wildman–Crippen LogP) is 3.81. The minimum atomic E-state index is -0.461. The molecule has 0 aromatic rings. The summed E-state index contributed by atoms with van der Waals surface area (Å²) in [5.41, 5.74) is -0.342. The Kier molecular flexibility index (Phi) is 4.35. The summed E-state index contributed by atoms with van der Waals surface area (Å²) in [6.45, 7) is 6.51. The first-order valence-corrected chi connectivity index (χ1v) is 10.6. The van der Waals surface area contributed by atoms with E-state index in [1.54, 1.807) is 0 Å². The monoisotopic (exact) mass is 348 g/mol. The summed E-state index contributed by atoms with van der Waals surface area (Å²) in [4.78, 5) is 12.3. The fourth-order valence-corrected chi connectivity index (χ4v) is 8.04. The molecule has 0 aromatic heterocycles. The summed E-state index contributed by atoms with van der Waals surface area (Å²) in [6, 6.07) is 0. The average Bonchev–Trinajstić information content (AvgIpc) is 2.91. The van der Waals surface area contributed by atoms with Crippen LogP contribution in [0.2, 0.25) is 0 Å². The second-order valence-electron chi connectivity index (χ2n) is 10.5. The summed E-state index contributed by atoms with van der Waals surface area (Å²) >= 11 is 0. The molecule has 25 heavy (non-hydrogen) atoms. The zero-order valence-electron chi connectivity index (χ0n) is 16.2. The number of carbonyl (C=O) groups excluding carboxylic acids is 1. The van der Waals surface area contributed by atoms with E-state index in [1.807, 2.05) is 6.92 Å². The Hall–Kier alpha value is -0.410. The Morgan fingerprint density at radius 1 is 1.00 bits per heavy atom. The number of aliphatic hydroxyl groups is 2. The highest BCUT2D eigenvalue weighted by atomic mass is 16.3. The van der Waals surface area contributed by atoms with Crippen LogP contribution in [0.15, 0.2) is 0 Å². The molecule has 142 valence electrons. The fourth-order valence-electron chi connectivity index (χ4n) is 8.04. The molecule has 0 amide bonds. The zero-order valence-corrected chi connectivity index (χ0v) is 16.2. The van der Waals surface area contributed by atoms with Gasteiger partial charge >= 0.3 is 0 Å². The largest absolute Gasteiger partial charge is 0.390 e. The van der Waals surface area contributed by atoms with Crippen LogP contribution in [-0.4, -0.2) is 28.2 Å². The quantitative estimate of drug-likeness (QED) is 0.798. The highest BCUT2D eigenvalue weighted by Gasteiger charge is 2.59. The topological polar surface area (TPSA) is 57.5 Å². The third-order valence-corrected chi connectivity index (χ3v) is 9.20. The number of hydrogen-bond acceptors (Lipinski definition) is 3. The second kappa shape index (κ2) is 6.05. The lowest BCUT2D eigenvalue weighted by Crippen LogP contribution is -2.53. The van der Waals surface area contributed by atoms with Crippen molar-refractivity contribution in [1.82, 2.24) is 0 Å². The SMILES string of the molecule is CC1CC2C(CCC3(C)C(C(=O)CO)CCC23)C2CCC(C)(O)CC12. The van der Waals surface area contributed by atoms with Gasteiger partial charge in [-0.25, -0.2) is 0 Å².